The largest absolute Gasteiger partial charge is 0.310 e. The van der Waals surface area contributed by atoms with Crippen molar-refractivity contribution in [3.05, 3.63) is 71.3 Å². The molecule has 1 N–H and O–H groups in total. The minimum atomic E-state index is 0. The van der Waals surface area contributed by atoms with E-state index in [-0.39, 0.29) is 24.8 Å². The molecule has 2 aromatic carbocycles. The molecule has 24 heavy (non-hydrogen) atoms. The molecule has 4 heteroatoms. The minimum absolute atomic E-state index is 0. The van der Waals surface area contributed by atoms with Crippen LogP contribution in [0.3, 0.4) is 0 Å². The lowest BCUT2D eigenvalue weighted by Crippen LogP contribution is -2.41. The predicted octanol–water partition coefficient (Wildman–Crippen LogP) is 4.59. The van der Waals surface area contributed by atoms with Gasteiger partial charge in [-0.15, -0.1) is 24.8 Å². The van der Waals surface area contributed by atoms with E-state index in [0.717, 1.165) is 13.1 Å². The second kappa shape index (κ2) is 10.7. The molecule has 2 aromatic rings. The van der Waals surface area contributed by atoms with Crippen LogP contribution < -0.4 is 5.32 Å². The third-order valence-corrected chi connectivity index (χ3v) is 4.68. The summed E-state index contributed by atoms with van der Waals surface area (Å²) in [5, 5.41) is 3.74. The van der Waals surface area contributed by atoms with Gasteiger partial charge in [0.15, 0.2) is 0 Å². The van der Waals surface area contributed by atoms with E-state index in [0.29, 0.717) is 6.04 Å². The molecule has 0 spiro atoms. The van der Waals surface area contributed by atoms with Gasteiger partial charge in [0.1, 0.15) is 0 Å². The number of benzene rings is 2. The van der Waals surface area contributed by atoms with Gasteiger partial charge in [-0.2, -0.15) is 0 Å². The molecule has 0 bridgehead atoms. The summed E-state index contributed by atoms with van der Waals surface area (Å²) in [5.74, 6) is 0. The summed E-state index contributed by atoms with van der Waals surface area (Å²) in [6.07, 6.45) is 2.50. The van der Waals surface area contributed by atoms with E-state index in [1.54, 1.807) is 0 Å². The van der Waals surface area contributed by atoms with E-state index >= 15 is 0 Å². The highest BCUT2D eigenvalue weighted by molar-refractivity contribution is 5.85. The van der Waals surface area contributed by atoms with Crippen LogP contribution in [0.15, 0.2) is 54.6 Å². The summed E-state index contributed by atoms with van der Waals surface area (Å²) in [5.41, 5.74) is 4.24. The Bertz CT molecular complexity index is 581. The average Bonchev–Trinajstić information content (AvgIpc) is 2.56. The van der Waals surface area contributed by atoms with E-state index in [4.69, 9.17) is 0 Å². The van der Waals surface area contributed by atoms with Gasteiger partial charge >= 0.3 is 0 Å². The molecule has 0 aromatic heterocycles. The maximum atomic E-state index is 3.74. The van der Waals surface area contributed by atoms with Crippen molar-refractivity contribution in [2.24, 2.45) is 0 Å². The Morgan fingerprint density at radius 2 is 1.54 bits per heavy atom. The van der Waals surface area contributed by atoms with E-state index in [2.05, 4.69) is 71.7 Å². The normalized spacial score (nSPS) is 15.4. The SMILES string of the molecule is Cc1ccccc1CNC1CCN(Cc2ccccc2)CC1.Cl.Cl. The van der Waals surface area contributed by atoms with Crippen LogP contribution in [0.4, 0.5) is 0 Å². The van der Waals surface area contributed by atoms with E-state index in [1.807, 2.05) is 0 Å². The number of piperidine rings is 1. The molecule has 1 saturated heterocycles. The van der Waals surface area contributed by atoms with Crippen molar-refractivity contribution in [3.63, 3.8) is 0 Å². The maximum absolute atomic E-state index is 3.74. The Labute approximate surface area is 158 Å². The molecule has 1 aliphatic rings. The summed E-state index contributed by atoms with van der Waals surface area (Å²) in [7, 11) is 0. The number of likely N-dealkylation sites (tertiary alicyclic amines) is 1. The molecular formula is C20H28Cl2N2. The number of aryl methyl sites for hydroxylation is 1. The van der Waals surface area contributed by atoms with Crippen LogP contribution in [0.1, 0.15) is 29.5 Å². The molecule has 1 heterocycles. The van der Waals surface area contributed by atoms with Gasteiger partial charge in [0.05, 0.1) is 0 Å². The smallest absolute Gasteiger partial charge is 0.0233 e. The summed E-state index contributed by atoms with van der Waals surface area (Å²) in [6, 6.07) is 20.1. The lowest BCUT2D eigenvalue weighted by atomic mass is 10.0. The van der Waals surface area contributed by atoms with Gasteiger partial charge in [-0.05, 0) is 49.5 Å². The highest BCUT2D eigenvalue weighted by Crippen LogP contribution is 2.15. The minimum Gasteiger partial charge on any atom is -0.310 e. The Morgan fingerprint density at radius 1 is 0.917 bits per heavy atom. The van der Waals surface area contributed by atoms with Crippen molar-refractivity contribution in [2.75, 3.05) is 13.1 Å². The summed E-state index contributed by atoms with van der Waals surface area (Å²) in [4.78, 5) is 2.57. The van der Waals surface area contributed by atoms with E-state index in [9.17, 15) is 0 Å². The van der Waals surface area contributed by atoms with Gasteiger partial charge in [0, 0.05) is 19.1 Å². The number of hydrogen-bond donors (Lipinski definition) is 1. The highest BCUT2D eigenvalue weighted by atomic mass is 35.5. The van der Waals surface area contributed by atoms with Crippen LogP contribution in [-0.4, -0.2) is 24.0 Å². The molecular weight excluding hydrogens is 339 g/mol. The average molecular weight is 367 g/mol. The lowest BCUT2D eigenvalue weighted by molar-refractivity contribution is 0.190. The first-order valence-electron chi connectivity index (χ1n) is 8.35. The van der Waals surface area contributed by atoms with Crippen LogP contribution in [0, 0.1) is 6.92 Å². The quantitative estimate of drug-likeness (QED) is 0.831. The predicted molar refractivity (Wildman–Crippen MR) is 107 cm³/mol. The highest BCUT2D eigenvalue weighted by Gasteiger charge is 2.18. The molecule has 132 valence electrons. The topological polar surface area (TPSA) is 15.3 Å². The van der Waals surface area contributed by atoms with Gasteiger partial charge in [-0.25, -0.2) is 0 Å². The number of hydrogen-bond acceptors (Lipinski definition) is 2. The molecule has 3 rings (SSSR count). The van der Waals surface area contributed by atoms with Crippen LogP contribution in [0.5, 0.6) is 0 Å². The van der Waals surface area contributed by atoms with Gasteiger partial charge in [0.25, 0.3) is 0 Å². The van der Waals surface area contributed by atoms with Crippen LogP contribution in [0.2, 0.25) is 0 Å². The van der Waals surface area contributed by atoms with Crippen molar-refractivity contribution >= 4 is 24.8 Å². The number of halogens is 2. The fourth-order valence-electron chi connectivity index (χ4n) is 3.20. The monoisotopic (exact) mass is 366 g/mol. The van der Waals surface area contributed by atoms with E-state index in [1.165, 1.54) is 42.6 Å². The number of rotatable bonds is 5. The van der Waals surface area contributed by atoms with Crippen molar-refractivity contribution in [1.82, 2.24) is 10.2 Å². The summed E-state index contributed by atoms with van der Waals surface area (Å²) >= 11 is 0. The number of nitrogens with zero attached hydrogens (tertiary/aromatic N) is 1. The second-order valence-corrected chi connectivity index (χ2v) is 6.34. The maximum Gasteiger partial charge on any atom is 0.0233 e. The zero-order valence-corrected chi connectivity index (χ0v) is 15.9. The fraction of sp³-hybridized carbons (Fsp3) is 0.400. The molecule has 1 fully saturated rings. The molecule has 0 atom stereocenters. The van der Waals surface area contributed by atoms with Crippen LogP contribution in [0.25, 0.3) is 0 Å². The first-order chi connectivity index (χ1) is 10.8. The van der Waals surface area contributed by atoms with Crippen LogP contribution in [-0.2, 0) is 13.1 Å². The molecule has 1 aliphatic heterocycles. The van der Waals surface area contributed by atoms with Crippen LogP contribution >= 0.6 is 24.8 Å². The third-order valence-electron chi connectivity index (χ3n) is 4.68. The van der Waals surface area contributed by atoms with E-state index < -0.39 is 0 Å². The molecule has 0 radical (unpaired) electrons. The molecule has 2 nitrogen and oxygen atoms in total. The zero-order chi connectivity index (χ0) is 15.2. The summed E-state index contributed by atoms with van der Waals surface area (Å²) in [6.45, 7) is 6.67. The lowest BCUT2D eigenvalue weighted by Gasteiger charge is -2.32. The van der Waals surface area contributed by atoms with Gasteiger partial charge in [0.2, 0.25) is 0 Å². The number of nitrogens with one attached hydrogen (secondary N) is 1. The Kier molecular flexibility index (Phi) is 9.38. The van der Waals surface area contributed by atoms with Crippen molar-refractivity contribution in [3.8, 4) is 0 Å². The fourth-order valence-corrected chi connectivity index (χ4v) is 3.20. The molecule has 0 aliphatic carbocycles. The summed E-state index contributed by atoms with van der Waals surface area (Å²) < 4.78 is 0. The Hall–Kier alpha value is -1.06. The standard InChI is InChI=1S/C20H26N2.2ClH/c1-17-7-5-6-10-19(17)15-21-20-11-13-22(14-12-20)16-18-8-3-2-4-9-18;;/h2-10,20-21H,11-16H2,1H3;2*1H. The molecule has 0 amide bonds. The third kappa shape index (κ3) is 6.10. The van der Waals surface area contributed by atoms with Crippen molar-refractivity contribution in [1.29, 1.82) is 0 Å². The second-order valence-electron chi connectivity index (χ2n) is 6.34. The Morgan fingerprint density at radius 3 is 2.21 bits per heavy atom. The van der Waals surface area contributed by atoms with Crippen molar-refractivity contribution in [2.45, 2.75) is 38.9 Å². The van der Waals surface area contributed by atoms with Crippen molar-refractivity contribution < 1.29 is 0 Å². The zero-order valence-electron chi connectivity index (χ0n) is 14.3. The first-order valence-corrected chi connectivity index (χ1v) is 8.35. The van der Waals surface area contributed by atoms with Gasteiger partial charge in [-0.3, -0.25) is 4.90 Å². The Balaban J connectivity index is 0.00000144. The molecule has 0 unspecified atom stereocenters. The van der Waals surface area contributed by atoms with Gasteiger partial charge < -0.3 is 5.32 Å². The first kappa shape index (κ1) is 21.0. The van der Waals surface area contributed by atoms with Gasteiger partial charge in [-0.1, -0.05) is 54.6 Å². The molecule has 0 saturated carbocycles.